The highest BCUT2D eigenvalue weighted by Gasteiger charge is 2.20. The average Bonchev–Trinajstić information content (AvgIpc) is 2.83. The minimum Gasteiger partial charge on any atom is -0.481 e. The van der Waals surface area contributed by atoms with Crippen molar-refractivity contribution in [2.75, 3.05) is 5.75 Å². The van der Waals surface area contributed by atoms with Gasteiger partial charge in [-0.1, -0.05) is 37.2 Å². The van der Waals surface area contributed by atoms with Gasteiger partial charge in [-0.2, -0.15) is 0 Å². The molecule has 0 unspecified atom stereocenters. The molecule has 21 heavy (non-hydrogen) atoms. The molecule has 0 amide bonds. The van der Waals surface area contributed by atoms with Crippen LogP contribution in [0, 0.1) is 5.82 Å². The second-order valence-electron chi connectivity index (χ2n) is 4.61. The molecule has 1 N–H and O–H groups in total. The van der Waals surface area contributed by atoms with Crippen LogP contribution in [0.1, 0.15) is 25.6 Å². The Bertz CT molecular complexity index is 675. The Hall–Kier alpha value is -1.60. The first-order valence-electron chi connectivity index (χ1n) is 6.15. The number of nitrogens with zero attached hydrogens (tertiary/aromatic N) is 3. The Labute approximate surface area is 130 Å². The highest BCUT2D eigenvalue weighted by Crippen LogP contribution is 2.28. The first kappa shape index (κ1) is 15.8. The topological polar surface area (TPSA) is 68.0 Å². The number of carbonyl (C=O) groups is 1. The fourth-order valence-electron chi connectivity index (χ4n) is 1.76. The molecule has 0 spiro atoms. The summed E-state index contributed by atoms with van der Waals surface area (Å²) in [5, 5.41) is 17.5. The lowest BCUT2D eigenvalue weighted by molar-refractivity contribution is -0.133. The van der Waals surface area contributed by atoms with Gasteiger partial charge >= 0.3 is 5.97 Å². The van der Waals surface area contributed by atoms with Crippen LogP contribution in [-0.4, -0.2) is 31.6 Å². The zero-order valence-corrected chi connectivity index (χ0v) is 13.0. The van der Waals surface area contributed by atoms with Crippen LogP contribution in [0.25, 0.3) is 5.69 Å². The van der Waals surface area contributed by atoms with Gasteiger partial charge in [-0.3, -0.25) is 9.36 Å². The van der Waals surface area contributed by atoms with Crippen LogP contribution >= 0.6 is 23.4 Å². The Balaban J connectivity index is 2.55. The third-order valence-corrected chi connectivity index (χ3v) is 3.80. The first-order valence-corrected chi connectivity index (χ1v) is 7.52. The van der Waals surface area contributed by atoms with Crippen molar-refractivity contribution in [2.45, 2.75) is 24.9 Å². The summed E-state index contributed by atoms with van der Waals surface area (Å²) in [6.07, 6.45) is 0. The molecule has 0 atom stereocenters. The summed E-state index contributed by atoms with van der Waals surface area (Å²) in [5.74, 6) is -1.09. The number of aliphatic carboxylic acids is 1. The molecule has 0 aliphatic carbocycles. The van der Waals surface area contributed by atoms with Crippen LogP contribution in [0.4, 0.5) is 4.39 Å². The smallest absolute Gasteiger partial charge is 0.313 e. The third kappa shape index (κ3) is 3.54. The average molecular weight is 330 g/mol. The van der Waals surface area contributed by atoms with Gasteiger partial charge in [0.2, 0.25) is 0 Å². The van der Waals surface area contributed by atoms with Crippen molar-refractivity contribution in [2.24, 2.45) is 0 Å². The van der Waals surface area contributed by atoms with Gasteiger partial charge < -0.3 is 5.11 Å². The monoisotopic (exact) mass is 329 g/mol. The zero-order valence-electron chi connectivity index (χ0n) is 11.4. The SMILES string of the molecule is CC(C)c1nnc(SCC(=O)O)n1-c1cc(Cl)ccc1F. The fraction of sp³-hybridized carbons (Fsp3) is 0.308. The molecule has 0 saturated heterocycles. The van der Waals surface area contributed by atoms with Crippen molar-refractivity contribution >= 4 is 29.3 Å². The largest absolute Gasteiger partial charge is 0.481 e. The predicted octanol–water partition coefficient (Wildman–Crippen LogP) is 3.36. The minimum absolute atomic E-state index is 0.00457. The molecular weight excluding hydrogens is 317 g/mol. The van der Waals surface area contributed by atoms with Gasteiger partial charge in [0.15, 0.2) is 5.16 Å². The Morgan fingerprint density at radius 2 is 2.19 bits per heavy atom. The van der Waals surface area contributed by atoms with E-state index in [2.05, 4.69) is 10.2 Å². The molecule has 0 saturated carbocycles. The number of hydrogen-bond donors (Lipinski definition) is 1. The molecule has 5 nitrogen and oxygen atoms in total. The number of carboxylic acid groups (broad SMARTS) is 1. The van der Waals surface area contributed by atoms with Crippen molar-refractivity contribution in [3.05, 3.63) is 34.9 Å². The molecule has 0 bridgehead atoms. The van der Waals surface area contributed by atoms with Crippen LogP contribution in [0.3, 0.4) is 0 Å². The number of rotatable bonds is 5. The van der Waals surface area contributed by atoms with E-state index in [0.29, 0.717) is 16.0 Å². The summed E-state index contributed by atoms with van der Waals surface area (Å²) in [6, 6.07) is 4.17. The molecule has 1 aromatic carbocycles. The van der Waals surface area contributed by atoms with Gasteiger partial charge in [0.05, 0.1) is 11.4 Å². The Morgan fingerprint density at radius 1 is 1.48 bits per heavy atom. The molecule has 0 aliphatic rings. The molecule has 2 aromatic rings. The standard InChI is InChI=1S/C13H13ClFN3O2S/c1-7(2)12-16-17-13(21-6-11(19)20)18(12)10-5-8(14)3-4-9(10)15/h3-5,7H,6H2,1-2H3,(H,19,20). The predicted molar refractivity (Wildman–Crippen MR) is 78.8 cm³/mol. The molecule has 0 radical (unpaired) electrons. The summed E-state index contributed by atoms with van der Waals surface area (Å²) in [5.41, 5.74) is 0.212. The number of thioether (sulfide) groups is 1. The van der Waals surface area contributed by atoms with Gasteiger partial charge in [-0.15, -0.1) is 10.2 Å². The van der Waals surface area contributed by atoms with E-state index in [-0.39, 0.29) is 17.4 Å². The number of carboxylic acids is 1. The fourth-order valence-corrected chi connectivity index (χ4v) is 2.60. The molecular formula is C13H13ClFN3O2S. The lowest BCUT2D eigenvalue weighted by atomic mass is 10.2. The Morgan fingerprint density at radius 3 is 2.81 bits per heavy atom. The van der Waals surface area contributed by atoms with Crippen molar-refractivity contribution in [3.63, 3.8) is 0 Å². The van der Waals surface area contributed by atoms with Crippen molar-refractivity contribution in [3.8, 4) is 5.69 Å². The Kier molecular flexibility index (Phi) is 4.84. The van der Waals surface area contributed by atoms with Gasteiger partial charge in [-0.25, -0.2) is 4.39 Å². The molecule has 112 valence electrons. The second kappa shape index (κ2) is 6.44. The van der Waals surface area contributed by atoms with Crippen molar-refractivity contribution in [1.82, 2.24) is 14.8 Å². The van der Waals surface area contributed by atoms with E-state index in [1.165, 1.54) is 22.8 Å². The van der Waals surface area contributed by atoms with E-state index in [0.717, 1.165) is 11.8 Å². The van der Waals surface area contributed by atoms with Crippen LogP contribution in [0.5, 0.6) is 0 Å². The summed E-state index contributed by atoms with van der Waals surface area (Å²) in [7, 11) is 0. The lowest BCUT2D eigenvalue weighted by Crippen LogP contribution is -2.07. The molecule has 1 aromatic heterocycles. The quantitative estimate of drug-likeness (QED) is 0.852. The summed E-state index contributed by atoms with van der Waals surface area (Å²) >= 11 is 6.91. The molecule has 0 aliphatic heterocycles. The number of halogens is 2. The maximum atomic E-state index is 14.1. The van der Waals surface area contributed by atoms with Crippen LogP contribution < -0.4 is 0 Å². The van der Waals surface area contributed by atoms with Gasteiger partial charge in [0.25, 0.3) is 0 Å². The lowest BCUT2D eigenvalue weighted by Gasteiger charge is -2.12. The normalized spacial score (nSPS) is 11.1. The number of benzene rings is 1. The van der Waals surface area contributed by atoms with Gasteiger partial charge in [0.1, 0.15) is 11.6 Å². The summed E-state index contributed by atoms with van der Waals surface area (Å²) in [6.45, 7) is 3.79. The van der Waals surface area contributed by atoms with Gasteiger partial charge in [0, 0.05) is 10.9 Å². The number of hydrogen-bond acceptors (Lipinski definition) is 4. The highest BCUT2D eigenvalue weighted by molar-refractivity contribution is 7.99. The second-order valence-corrected chi connectivity index (χ2v) is 5.99. The summed E-state index contributed by atoms with van der Waals surface area (Å²) in [4.78, 5) is 10.7. The van der Waals surface area contributed by atoms with E-state index >= 15 is 0 Å². The minimum atomic E-state index is -0.979. The zero-order chi connectivity index (χ0) is 15.6. The van der Waals surface area contributed by atoms with Crippen molar-refractivity contribution in [1.29, 1.82) is 0 Å². The van der Waals surface area contributed by atoms with Crippen LogP contribution in [0.15, 0.2) is 23.4 Å². The van der Waals surface area contributed by atoms with Crippen molar-refractivity contribution < 1.29 is 14.3 Å². The van der Waals surface area contributed by atoms with E-state index in [9.17, 15) is 9.18 Å². The van der Waals surface area contributed by atoms with E-state index in [1.54, 1.807) is 0 Å². The van der Waals surface area contributed by atoms with Crippen LogP contribution in [-0.2, 0) is 4.79 Å². The molecule has 0 fully saturated rings. The summed E-state index contributed by atoms with van der Waals surface area (Å²) < 4.78 is 15.6. The van der Waals surface area contributed by atoms with E-state index in [1.807, 2.05) is 13.8 Å². The van der Waals surface area contributed by atoms with Crippen LogP contribution in [0.2, 0.25) is 5.02 Å². The van der Waals surface area contributed by atoms with Gasteiger partial charge in [-0.05, 0) is 18.2 Å². The third-order valence-electron chi connectivity index (χ3n) is 2.65. The number of aromatic nitrogens is 3. The first-order chi connectivity index (χ1) is 9.90. The van der Waals surface area contributed by atoms with E-state index in [4.69, 9.17) is 16.7 Å². The highest BCUT2D eigenvalue weighted by atomic mass is 35.5. The molecule has 8 heteroatoms. The maximum Gasteiger partial charge on any atom is 0.313 e. The van der Waals surface area contributed by atoms with E-state index < -0.39 is 11.8 Å². The maximum absolute atomic E-state index is 14.1. The molecule has 1 heterocycles. The molecule has 2 rings (SSSR count).